The molecule has 1 heterocycles. The fourth-order valence-electron chi connectivity index (χ4n) is 15.1. The zero-order valence-electron chi connectivity index (χ0n) is 30.7. The number of alkyl halides is 2. The summed E-state index contributed by atoms with van der Waals surface area (Å²) in [6.07, 6.45) is 11.8. The van der Waals surface area contributed by atoms with E-state index in [0.29, 0.717) is 62.7 Å². The van der Waals surface area contributed by atoms with Crippen molar-refractivity contribution < 1.29 is 62.1 Å². The van der Waals surface area contributed by atoms with Crippen LogP contribution in [-0.2, 0) is 43.1 Å². The van der Waals surface area contributed by atoms with Crippen LogP contribution in [0.25, 0.3) is 0 Å². The zero-order chi connectivity index (χ0) is 36.9. The van der Waals surface area contributed by atoms with Crippen molar-refractivity contribution >= 4 is 17.9 Å². The van der Waals surface area contributed by atoms with Gasteiger partial charge in [0.25, 0.3) is 0 Å². The number of aliphatic hydroxyl groups is 2. The molecule has 12 bridgehead atoms. The maximum atomic E-state index is 14.1. The maximum absolute atomic E-state index is 14.1. The van der Waals surface area contributed by atoms with Crippen LogP contribution in [0.1, 0.15) is 116 Å². The predicted octanol–water partition coefficient (Wildman–Crippen LogP) is 5.17. The molecule has 1 aliphatic heterocycles. The van der Waals surface area contributed by atoms with Crippen molar-refractivity contribution in [2.75, 3.05) is 26.4 Å². The van der Waals surface area contributed by atoms with Crippen LogP contribution in [0.15, 0.2) is 0 Å². The molecule has 0 aromatic heterocycles. The van der Waals surface area contributed by atoms with Gasteiger partial charge in [-0.2, -0.15) is 13.7 Å². The minimum Gasteiger partial charge on any atom is -0.464 e. The highest BCUT2D eigenvalue weighted by atomic mass is 19.3. The summed E-state index contributed by atoms with van der Waals surface area (Å²) < 4.78 is 53.3. The lowest BCUT2D eigenvalue weighted by Crippen LogP contribution is -2.69. The zero-order valence-corrected chi connectivity index (χ0v) is 30.7. The van der Waals surface area contributed by atoms with Crippen molar-refractivity contribution in [1.82, 2.24) is 0 Å². The summed E-state index contributed by atoms with van der Waals surface area (Å²) in [6.45, 7) is 0.565. The highest BCUT2D eigenvalue weighted by Gasteiger charge is 2.68. The molecule has 12 saturated carbocycles. The van der Waals surface area contributed by atoms with E-state index in [9.17, 15) is 33.4 Å². The number of rotatable bonds is 9. The highest BCUT2D eigenvalue weighted by Crippen LogP contribution is 2.66. The molecule has 0 radical (unpaired) electrons. The van der Waals surface area contributed by atoms with Crippen LogP contribution in [0.3, 0.4) is 0 Å². The number of ether oxygens (including phenoxy) is 4. The molecule has 53 heavy (non-hydrogen) atoms. The van der Waals surface area contributed by atoms with Gasteiger partial charge in [-0.3, -0.25) is 14.5 Å². The van der Waals surface area contributed by atoms with E-state index in [1.165, 1.54) is 0 Å². The second-order valence-electron chi connectivity index (χ2n) is 20.8. The van der Waals surface area contributed by atoms with Crippen LogP contribution < -0.4 is 0 Å². The minimum absolute atomic E-state index is 0.0704. The fourth-order valence-corrected chi connectivity index (χ4v) is 15.1. The number of carbonyl (C=O) groups excluding carboxylic acids is 3. The Morgan fingerprint density at radius 2 is 1.11 bits per heavy atom. The van der Waals surface area contributed by atoms with Crippen LogP contribution in [0.2, 0.25) is 0 Å². The molecule has 1 saturated heterocycles. The first kappa shape index (κ1) is 35.5. The normalized spacial score (nSPS) is 52.6. The SMILES string of the molecule is CC(F)(F)C(=O)OOC12CC3CC(C1)C1(OCC(COC(=O)C45CC6CC(CC(O)(C6)C4)C5)(COC(=O)C45CC6CC(CC(O)(C6)C4)C5)CO1)C(C3)C2. The molecule has 6 unspecified atom stereocenters. The number of hydrogen-bond donors (Lipinski definition) is 2. The number of hydrogen-bond acceptors (Lipinski definition) is 11. The summed E-state index contributed by atoms with van der Waals surface area (Å²) in [7, 11) is 0. The number of halogens is 2. The second kappa shape index (κ2) is 11.3. The third-order valence-electron chi connectivity index (χ3n) is 16.1. The molecule has 6 atom stereocenters. The van der Waals surface area contributed by atoms with Gasteiger partial charge in [-0.1, -0.05) is 0 Å². The van der Waals surface area contributed by atoms with E-state index in [-0.39, 0.29) is 56.1 Å². The second-order valence-corrected chi connectivity index (χ2v) is 20.8. The van der Waals surface area contributed by atoms with Crippen molar-refractivity contribution in [3.63, 3.8) is 0 Å². The Bertz CT molecular complexity index is 1450. The van der Waals surface area contributed by atoms with Gasteiger partial charge in [-0.15, -0.1) is 0 Å². The van der Waals surface area contributed by atoms with Gasteiger partial charge in [-0.05, 0) is 139 Å². The molecular weight excluding hydrogens is 694 g/mol. The van der Waals surface area contributed by atoms with Gasteiger partial charge in [0.1, 0.15) is 18.8 Å². The van der Waals surface area contributed by atoms with E-state index in [2.05, 4.69) is 0 Å². The van der Waals surface area contributed by atoms with Gasteiger partial charge in [0, 0.05) is 18.8 Å². The molecule has 1 spiro atoms. The number of esters is 2. The Balaban J connectivity index is 0.865. The number of carbonyl (C=O) groups is 3. The molecule has 13 aliphatic rings. The molecule has 0 aromatic carbocycles. The van der Waals surface area contributed by atoms with Gasteiger partial charge in [0.15, 0.2) is 5.79 Å². The first-order chi connectivity index (χ1) is 24.9. The lowest BCUT2D eigenvalue weighted by molar-refractivity contribution is -0.430. The molecule has 0 amide bonds. The van der Waals surface area contributed by atoms with E-state index in [1.807, 2.05) is 0 Å². The van der Waals surface area contributed by atoms with Crippen molar-refractivity contribution in [2.45, 2.75) is 145 Å². The van der Waals surface area contributed by atoms with Gasteiger partial charge in [-0.25, -0.2) is 4.79 Å². The smallest absolute Gasteiger partial charge is 0.410 e. The molecule has 13 rings (SSSR count). The summed E-state index contributed by atoms with van der Waals surface area (Å²) in [5.74, 6) is -5.77. The molecule has 12 aliphatic carbocycles. The first-order valence-corrected chi connectivity index (χ1v) is 20.3. The van der Waals surface area contributed by atoms with Gasteiger partial charge in [0.2, 0.25) is 0 Å². The van der Waals surface area contributed by atoms with Crippen LogP contribution >= 0.6 is 0 Å². The van der Waals surface area contributed by atoms with Crippen LogP contribution in [-0.4, -0.2) is 83.1 Å². The van der Waals surface area contributed by atoms with Gasteiger partial charge >= 0.3 is 23.8 Å². The van der Waals surface area contributed by atoms with Crippen molar-refractivity contribution in [3.05, 3.63) is 0 Å². The average molecular weight is 749 g/mol. The summed E-state index contributed by atoms with van der Waals surface area (Å²) in [6, 6.07) is 0. The Morgan fingerprint density at radius 1 is 0.660 bits per heavy atom. The van der Waals surface area contributed by atoms with E-state index in [1.54, 1.807) is 0 Å². The lowest BCUT2D eigenvalue weighted by Gasteiger charge is -2.64. The molecular formula is C40H54F2O11. The third kappa shape index (κ3) is 5.65. The van der Waals surface area contributed by atoms with Crippen LogP contribution in [0.5, 0.6) is 0 Å². The average Bonchev–Trinajstić information content (AvgIpc) is 3.05. The van der Waals surface area contributed by atoms with Gasteiger partial charge in [0.05, 0.1) is 40.7 Å². The van der Waals surface area contributed by atoms with Crippen molar-refractivity contribution in [1.29, 1.82) is 0 Å². The molecule has 13 fully saturated rings. The molecule has 2 N–H and O–H groups in total. The summed E-state index contributed by atoms with van der Waals surface area (Å²) in [5.41, 5.74) is -4.96. The van der Waals surface area contributed by atoms with Crippen LogP contribution in [0, 0.1) is 57.7 Å². The Labute approximate surface area is 308 Å². The maximum Gasteiger partial charge on any atom is 0.410 e. The quantitative estimate of drug-likeness (QED) is 0.183. The molecule has 11 nitrogen and oxygen atoms in total. The first-order valence-electron chi connectivity index (χ1n) is 20.3. The molecule has 13 heteroatoms. The van der Waals surface area contributed by atoms with E-state index in [0.717, 1.165) is 77.0 Å². The van der Waals surface area contributed by atoms with E-state index in [4.69, 9.17) is 28.7 Å². The fraction of sp³-hybridized carbons (Fsp3) is 0.925. The Morgan fingerprint density at radius 3 is 1.53 bits per heavy atom. The van der Waals surface area contributed by atoms with Crippen molar-refractivity contribution in [3.8, 4) is 0 Å². The third-order valence-corrected chi connectivity index (χ3v) is 16.1. The summed E-state index contributed by atoms with van der Waals surface area (Å²) in [4.78, 5) is 50.3. The van der Waals surface area contributed by atoms with Gasteiger partial charge < -0.3 is 29.2 Å². The predicted molar refractivity (Wildman–Crippen MR) is 177 cm³/mol. The minimum atomic E-state index is -3.67. The Kier molecular flexibility index (Phi) is 7.60. The van der Waals surface area contributed by atoms with Crippen molar-refractivity contribution in [2.24, 2.45) is 57.7 Å². The Hall–Kier alpha value is -1.93. The van der Waals surface area contributed by atoms with E-state index < -0.39 is 50.7 Å². The largest absolute Gasteiger partial charge is 0.464 e. The highest BCUT2D eigenvalue weighted by molar-refractivity contribution is 5.79. The summed E-state index contributed by atoms with van der Waals surface area (Å²) in [5, 5.41) is 22.7. The monoisotopic (exact) mass is 748 g/mol. The van der Waals surface area contributed by atoms with E-state index >= 15 is 0 Å². The molecule has 0 aromatic rings. The lowest BCUT2D eigenvalue weighted by atomic mass is 9.48. The molecule has 294 valence electrons. The summed E-state index contributed by atoms with van der Waals surface area (Å²) >= 11 is 0. The topological polar surface area (TPSA) is 147 Å². The standard InChI is InChI=1S/C40H54F2O11/c1-33(41,42)30(43)52-53-39-14-23-4-28(15-39)40(29(5-23)16-39)50-21-34(22-51-40,19-48-31(44)35-6-24-2-25(7-35)11-37(46,10-24)17-35)20-49-32(45)36-8-26-3-27(9-36)13-38(47,12-26)18-36/h23-29,46-47H,2-22H2,1H3. The van der Waals surface area contributed by atoms with Crippen LogP contribution in [0.4, 0.5) is 8.78 Å².